The van der Waals surface area contributed by atoms with Crippen LogP contribution in [0, 0.1) is 0 Å². The Bertz CT molecular complexity index is 731. The summed E-state index contributed by atoms with van der Waals surface area (Å²) < 4.78 is 5.34. The first kappa shape index (κ1) is 17.3. The Morgan fingerprint density at radius 2 is 2.04 bits per heavy atom. The van der Waals surface area contributed by atoms with Gasteiger partial charge in [0.15, 0.2) is 0 Å². The van der Waals surface area contributed by atoms with Crippen LogP contribution in [0.3, 0.4) is 0 Å². The predicted molar refractivity (Wildman–Crippen MR) is 98.9 cm³/mol. The molecule has 132 valence electrons. The van der Waals surface area contributed by atoms with E-state index in [0.29, 0.717) is 19.5 Å². The number of anilines is 1. The molecule has 1 aliphatic rings. The maximum absolute atomic E-state index is 12.6. The molecule has 0 unspecified atom stereocenters. The van der Waals surface area contributed by atoms with E-state index in [1.54, 1.807) is 13.3 Å². The molecule has 1 aromatic heterocycles. The Labute approximate surface area is 149 Å². The molecule has 1 aliphatic heterocycles. The minimum Gasteiger partial charge on any atom is -0.497 e. The van der Waals surface area contributed by atoms with Gasteiger partial charge >= 0.3 is 0 Å². The predicted octanol–water partition coefficient (Wildman–Crippen LogP) is 2.76. The number of piperazine rings is 1. The van der Waals surface area contributed by atoms with E-state index in [1.807, 2.05) is 41.3 Å². The molecule has 5 heteroatoms. The lowest BCUT2D eigenvalue weighted by atomic mass is 9.97. The van der Waals surface area contributed by atoms with E-state index in [-0.39, 0.29) is 11.4 Å². The number of hydrogen-bond acceptors (Lipinski definition) is 4. The van der Waals surface area contributed by atoms with E-state index in [9.17, 15) is 4.79 Å². The first-order valence-electron chi connectivity index (χ1n) is 8.59. The van der Waals surface area contributed by atoms with Crippen molar-refractivity contribution in [3.63, 3.8) is 0 Å². The average molecular weight is 339 g/mol. The molecule has 2 heterocycles. The molecular formula is C20H25N3O2. The third-order valence-electron chi connectivity index (χ3n) is 4.68. The Morgan fingerprint density at radius 1 is 1.20 bits per heavy atom. The Kier molecular flexibility index (Phi) is 4.93. The van der Waals surface area contributed by atoms with Crippen molar-refractivity contribution < 1.29 is 9.53 Å². The van der Waals surface area contributed by atoms with Crippen LogP contribution in [0.15, 0.2) is 48.7 Å². The van der Waals surface area contributed by atoms with Gasteiger partial charge in [0, 0.05) is 43.3 Å². The van der Waals surface area contributed by atoms with Crippen molar-refractivity contribution in [2.45, 2.75) is 25.8 Å². The van der Waals surface area contributed by atoms with E-state index in [2.05, 4.69) is 29.8 Å². The van der Waals surface area contributed by atoms with E-state index in [0.717, 1.165) is 23.7 Å². The van der Waals surface area contributed by atoms with Crippen LogP contribution in [0.1, 0.15) is 19.5 Å². The summed E-state index contributed by atoms with van der Waals surface area (Å²) in [6.07, 6.45) is 2.09. The molecule has 0 aliphatic carbocycles. The topological polar surface area (TPSA) is 45.7 Å². The van der Waals surface area contributed by atoms with Gasteiger partial charge in [0.1, 0.15) is 5.75 Å². The molecular weight excluding hydrogens is 314 g/mol. The molecule has 5 nitrogen and oxygen atoms in total. The molecule has 0 atom stereocenters. The van der Waals surface area contributed by atoms with Crippen molar-refractivity contribution in [2.75, 3.05) is 31.6 Å². The number of aromatic nitrogens is 1. The van der Waals surface area contributed by atoms with Crippen molar-refractivity contribution in [3.8, 4) is 5.75 Å². The van der Waals surface area contributed by atoms with Crippen LogP contribution in [0.25, 0.3) is 0 Å². The first-order chi connectivity index (χ1) is 12.0. The van der Waals surface area contributed by atoms with E-state index < -0.39 is 0 Å². The van der Waals surface area contributed by atoms with Gasteiger partial charge in [0.25, 0.3) is 0 Å². The monoisotopic (exact) mass is 339 g/mol. The number of rotatable bonds is 4. The zero-order chi connectivity index (χ0) is 17.9. The molecule has 0 radical (unpaired) electrons. The normalized spacial score (nSPS) is 16.6. The summed E-state index contributed by atoms with van der Waals surface area (Å²) in [5.74, 6) is 0.985. The highest BCUT2D eigenvalue weighted by Crippen LogP contribution is 2.30. The lowest BCUT2D eigenvalue weighted by molar-refractivity contribution is -0.132. The summed E-state index contributed by atoms with van der Waals surface area (Å²) in [4.78, 5) is 21.2. The molecule has 0 spiro atoms. The maximum Gasteiger partial charge on any atom is 0.228 e. The maximum atomic E-state index is 12.6. The second-order valence-electron chi connectivity index (χ2n) is 6.98. The fourth-order valence-electron chi connectivity index (χ4n) is 3.39. The van der Waals surface area contributed by atoms with E-state index in [1.165, 1.54) is 0 Å². The Balaban J connectivity index is 1.70. The van der Waals surface area contributed by atoms with Crippen molar-refractivity contribution in [3.05, 3.63) is 54.4 Å². The molecule has 2 aromatic rings. The highest BCUT2D eigenvalue weighted by atomic mass is 16.5. The zero-order valence-corrected chi connectivity index (χ0v) is 15.1. The van der Waals surface area contributed by atoms with Crippen molar-refractivity contribution in [1.82, 2.24) is 9.88 Å². The van der Waals surface area contributed by atoms with Crippen molar-refractivity contribution >= 4 is 11.6 Å². The second kappa shape index (κ2) is 7.13. The number of ether oxygens (including phenoxy) is 1. The smallest absolute Gasteiger partial charge is 0.228 e. The zero-order valence-electron chi connectivity index (χ0n) is 15.1. The molecule has 1 saturated heterocycles. The van der Waals surface area contributed by atoms with Crippen molar-refractivity contribution in [1.29, 1.82) is 0 Å². The number of methoxy groups -OCH3 is 1. The number of carbonyl (C=O) groups excluding carboxylic acids is 1. The standard InChI is InChI=1S/C20H25N3O2/c1-20(2)15-22(19(24)13-16-7-4-5-10-21-16)11-12-23(20)17-8-6-9-18(14-17)25-3/h4-10,14H,11-13,15H2,1-3H3. The van der Waals surface area contributed by atoms with Crippen LogP contribution in [0.4, 0.5) is 5.69 Å². The average Bonchev–Trinajstić information content (AvgIpc) is 2.61. The highest BCUT2D eigenvalue weighted by Gasteiger charge is 2.35. The summed E-state index contributed by atoms with van der Waals surface area (Å²) >= 11 is 0. The number of pyridine rings is 1. The fourth-order valence-corrected chi connectivity index (χ4v) is 3.39. The number of nitrogens with zero attached hydrogens (tertiary/aromatic N) is 3. The summed E-state index contributed by atoms with van der Waals surface area (Å²) in [6.45, 7) is 6.55. The van der Waals surface area contributed by atoms with E-state index in [4.69, 9.17) is 4.74 Å². The van der Waals surface area contributed by atoms with Gasteiger partial charge in [-0.15, -0.1) is 0 Å². The third-order valence-corrected chi connectivity index (χ3v) is 4.68. The molecule has 0 bridgehead atoms. The number of amides is 1. The Hall–Kier alpha value is -2.56. The largest absolute Gasteiger partial charge is 0.497 e. The lowest BCUT2D eigenvalue weighted by Crippen LogP contribution is -2.61. The summed E-state index contributed by atoms with van der Waals surface area (Å²) in [6, 6.07) is 13.8. The quantitative estimate of drug-likeness (QED) is 0.859. The van der Waals surface area contributed by atoms with Gasteiger partial charge in [0.2, 0.25) is 5.91 Å². The van der Waals surface area contributed by atoms with Gasteiger partial charge in [-0.3, -0.25) is 9.78 Å². The molecule has 0 saturated carbocycles. The van der Waals surface area contributed by atoms with Gasteiger partial charge in [-0.2, -0.15) is 0 Å². The van der Waals surface area contributed by atoms with Crippen LogP contribution in [-0.4, -0.2) is 48.1 Å². The van der Waals surface area contributed by atoms with Gasteiger partial charge in [-0.25, -0.2) is 0 Å². The lowest BCUT2D eigenvalue weighted by Gasteiger charge is -2.48. The number of carbonyl (C=O) groups is 1. The van der Waals surface area contributed by atoms with Gasteiger partial charge in [-0.1, -0.05) is 12.1 Å². The molecule has 25 heavy (non-hydrogen) atoms. The minimum absolute atomic E-state index is 0.136. The highest BCUT2D eigenvalue weighted by molar-refractivity contribution is 5.79. The van der Waals surface area contributed by atoms with Gasteiger partial charge in [0.05, 0.1) is 19.1 Å². The van der Waals surface area contributed by atoms with Crippen molar-refractivity contribution in [2.24, 2.45) is 0 Å². The van der Waals surface area contributed by atoms with Gasteiger partial charge < -0.3 is 14.5 Å². The number of hydrogen-bond donors (Lipinski definition) is 0. The third kappa shape index (κ3) is 3.92. The summed E-state index contributed by atoms with van der Waals surface area (Å²) in [5, 5.41) is 0. The van der Waals surface area contributed by atoms with Crippen LogP contribution < -0.4 is 9.64 Å². The van der Waals surface area contributed by atoms with Crippen LogP contribution >= 0.6 is 0 Å². The summed E-state index contributed by atoms with van der Waals surface area (Å²) in [5.41, 5.74) is 1.80. The van der Waals surface area contributed by atoms with Crippen LogP contribution in [0.2, 0.25) is 0 Å². The Morgan fingerprint density at radius 3 is 2.72 bits per heavy atom. The fraction of sp³-hybridized carbons (Fsp3) is 0.400. The molecule has 0 N–H and O–H groups in total. The molecule has 1 amide bonds. The molecule has 3 rings (SSSR count). The van der Waals surface area contributed by atoms with Crippen LogP contribution in [-0.2, 0) is 11.2 Å². The molecule has 1 aromatic carbocycles. The number of benzene rings is 1. The van der Waals surface area contributed by atoms with E-state index >= 15 is 0 Å². The first-order valence-corrected chi connectivity index (χ1v) is 8.59. The molecule has 1 fully saturated rings. The van der Waals surface area contributed by atoms with Gasteiger partial charge in [-0.05, 0) is 38.1 Å². The SMILES string of the molecule is COc1cccc(N2CCN(C(=O)Cc3ccccn3)CC2(C)C)c1. The second-order valence-corrected chi connectivity index (χ2v) is 6.98. The van der Waals surface area contributed by atoms with Crippen LogP contribution in [0.5, 0.6) is 5.75 Å². The minimum atomic E-state index is -0.148. The summed E-state index contributed by atoms with van der Waals surface area (Å²) in [7, 11) is 1.68.